The Kier molecular flexibility index (Phi) is 6.00. The van der Waals surface area contributed by atoms with Crippen molar-refractivity contribution in [3.63, 3.8) is 0 Å². The number of aryl methyl sites for hydroxylation is 1. The van der Waals surface area contributed by atoms with Gasteiger partial charge in [0.15, 0.2) is 6.61 Å². The van der Waals surface area contributed by atoms with Gasteiger partial charge in [0.1, 0.15) is 5.75 Å². The quantitative estimate of drug-likeness (QED) is 0.649. The van der Waals surface area contributed by atoms with Crippen molar-refractivity contribution in [1.82, 2.24) is 0 Å². The van der Waals surface area contributed by atoms with Crippen molar-refractivity contribution in [3.8, 4) is 5.75 Å². The maximum atomic E-state index is 11.8. The molecule has 1 amide bonds. The van der Waals surface area contributed by atoms with E-state index in [9.17, 15) is 4.79 Å². The third kappa shape index (κ3) is 5.00. The Bertz CT molecular complexity index is 717. The number of amides is 1. The van der Waals surface area contributed by atoms with Crippen LogP contribution in [0.25, 0.3) is 0 Å². The Morgan fingerprint density at radius 1 is 1.30 bits per heavy atom. The highest BCUT2D eigenvalue weighted by Crippen LogP contribution is 2.27. The van der Waals surface area contributed by atoms with Crippen LogP contribution in [0, 0.1) is 6.92 Å². The molecule has 0 unspecified atom stereocenters. The van der Waals surface area contributed by atoms with E-state index < -0.39 is 0 Å². The first-order valence-corrected chi connectivity index (χ1v) is 7.32. The zero-order valence-corrected chi connectivity index (χ0v) is 13.6. The lowest BCUT2D eigenvalue weighted by Gasteiger charge is -2.07. The summed E-state index contributed by atoms with van der Waals surface area (Å²) in [6.07, 6.45) is 1.58. The Balaban J connectivity index is 1.83. The highest BCUT2D eigenvalue weighted by Gasteiger charge is 2.06. The summed E-state index contributed by atoms with van der Waals surface area (Å²) >= 11 is 5.99. The molecule has 0 spiro atoms. The highest BCUT2D eigenvalue weighted by molar-refractivity contribution is 6.32. The first kappa shape index (κ1) is 16.8. The number of ether oxygens (including phenoxy) is 1. The van der Waals surface area contributed by atoms with Crippen molar-refractivity contribution in [2.45, 2.75) is 6.92 Å². The van der Waals surface area contributed by atoms with Gasteiger partial charge in [-0.3, -0.25) is 4.79 Å². The molecular weight excluding hydrogens is 316 g/mol. The lowest BCUT2D eigenvalue weighted by atomic mass is 10.1. The van der Waals surface area contributed by atoms with Crippen LogP contribution in [0.4, 0.5) is 5.69 Å². The molecule has 0 saturated heterocycles. The van der Waals surface area contributed by atoms with Gasteiger partial charge >= 0.3 is 0 Å². The largest absolute Gasteiger partial charge is 0.495 e. The Morgan fingerprint density at radius 2 is 2.09 bits per heavy atom. The van der Waals surface area contributed by atoms with Gasteiger partial charge in [-0.1, -0.05) is 41.0 Å². The van der Waals surface area contributed by atoms with Crippen LogP contribution < -0.4 is 10.1 Å². The Labute approximate surface area is 139 Å². The molecule has 0 saturated carbocycles. The van der Waals surface area contributed by atoms with Crippen LogP contribution in [-0.4, -0.2) is 25.8 Å². The lowest BCUT2D eigenvalue weighted by Crippen LogP contribution is -2.17. The van der Waals surface area contributed by atoms with Crippen LogP contribution in [0.1, 0.15) is 11.1 Å². The van der Waals surface area contributed by atoms with Gasteiger partial charge in [0.25, 0.3) is 5.91 Å². The smallest absolute Gasteiger partial charge is 0.265 e. The second-order valence-corrected chi connectivity index (χ2v) is 5.17. The zero-order valence-electron chi connectivity index (χ0n) is 12.9. The highest BCUT2D eigenvalue weighted by atomic mass is 35.5. The van der Waals surface area contributed by atoms with E-state index in [1.807, 2.05) is 31.2 Å². The van der Waals surface area contributed by atoms with Crippen LogP contribution in [0.15, 0.2) is 47.6 Å². The molecule has 120 valence electrons. The van der Waals surface area contributed by atoms with Crippen LogP contribution in [0.3, 0.4) is 0 Å². The van der Waals surface area contributed by atoms with Crippen molar-refractivity contribution in [2.24, 2.45) is 5.16 Å². The normalized spacial score (nSPS) is 10.6. The predicted molar refractivity (Wildman–Crippen MR) is 91.4 cm³/mol. The number of hydrogen-bond acceptors (Lipinski definition) is 4. The van der Waals surface area contributed by atoms with E-state index in [1.165, 1.54) is 7.11 Å². The number of methoxy groups -OCH3 is 1. The summed E-state index contributed by atoms with van der Waals surface area (Å²) in [4.78, 5) is 16.8. The van der Waals surface area contributed by atoms with Gasteiger partial charge in [0.2, 0.25) is 0 Å². The summed E-state index contributed by atoms with van der Waals surface area (Å²) in [5.74, 6) is 0.219. The van der Waals surface area contributed by atoms with Crippen LogP contribution >= 0.6 is 11.6 Å². The average Bonchev–Trinajstić information content (AvgIpc) is 2.53. The molecule has 2 aromatic rings. The average molecular weight is 333 g/mol. The lowest BCUT2D eigenvalue weighted by molar-refractivity contribution is -0.120. The molecule has 5 nitrogen and oxygen atoms in total. The summed E-state index contributed by atoms with van der Waals surface area (Å²) in [5, 5.41) is 6.88. The monoisotopic (exact) mass is 332 g/mol. The van der Waals surface area contributed by atoms with Gasteiger partial charge < -0.3 is 14.9 Å². The van der Waals surface area contributed by atoms with Gasteiger partial charge in [-0.2, -0.15) is 0 Å². The molecule has 1 N–H and O–H groups in total. The van der Waals surface area contributed by atoms with E-state index in [1.54, 1.807) is 24.4 Å². The second kappa shape index (κ2) is 8.19. The predicted octanol–water partition coefficient (Wildman–Crippen LogP) is 3.65. The van der Waals surface area contributed by atoms with Gasteiger partial charge in [-0.25, -0.2) is 0 Å². The summed E-state index contributed by atoms with van der Waals surface area (Å²) in [6.45, 7) is 1.79. The van der Waals surface area contributed by atoms with Crippen LogP contribution in [-0.2, 0) is 9.63 Å². The molecule has 0 heterocycles. The van der Waals surface area contributed by atoms with Gasteiger partial charge in [-0.15, -0.1) is 0 Å². The van der Waals surface area contributed by atoms with E-state index in [0.717, 1.165) is 11.1 Å². The van der Waals surface area contributed by atoms with Crippen molar-refractivity contribution in [3.05, 3.63) is 58.6 Å². The number of rotatable bonds is 6. The number of benzene rings is 2. The second-order valence-electron chi connectivity index (χ2n) is 4.76. The summed E-state index contributed by atoms with van der Waals surface area (Å²) in [5.41, 5.74) is 2.58. The SMILES string of the molecule is COc1ccc(NC(=O)CO/N=C/c2ccccc2C)cc1Cl. The number of oxime groups is 1. The first-order valence-electron chi connectivity index (χ1n) is 6.94. The molecule has 0 aliphatic heterocycles. The van der Waals surface area contributed by atoms with Crippen molar-refractivity contribution in [1.29, 1.82) is 0 Å². The minimum atomic E-state index is -0.326. The maximum absolute atomic E-state index is 11.8. The van der Waals surface area contributed by atoms with E-state index >= 15 is 0 Å². The number of carbonyl (C=O) groups is 1. The molecule has 0 aromatic heterocycles. The van der Waals surface area contributed by atoms with E-state index in [0.29, 0.717) is 16.5 Å². The number of carbonyl (C=O) groups excluding carboxylic acids is 1. The van der Waals surface area contributed by atoms with Crippen molar-refractivity contribution in [2.75, 3.05) is 19.0 Å². The molecule has 0 aliphatic carbocycles. The number of nitrogens with one attached hydrogen (secondary N) is 1. The molecule has 2 aromatic carbocycles. The minimum Gasteiger partial charge on any atom is -0.495 e. The molecule has 0 aliphatic rings. The topological polar surface area (TPSA) is 59.9 Å². The number of halogens is 1. The number of hydrogen-bond donors (Lipinski definition) is 1. The molecular formula is C17H17ClN2O3. The maximum Gasteiger partial charge on any atom is 0.265 e. The van der Waals surface area contributed by atoms with Crippen molar-refractivity contribution >= 4 is 29.4 Å². The zero-order chi connectivity index (χ0) is 16.7. The summed E-state index contributed by atoms with van der Waals surface area (Å²) in [7, 11) is 1.53. The molecule has 23 heavy (non-hydrogen) atoms. The standard InChI is InChI=1S/C17H17ClN2O3/c1-12-5-3-4-6-13(12)10-19-23-11-17(21)20-14-7-8-16(22-2)15(18)9-14/h3-10H,11H2,1-2H3,(H,20,21)/b19-10+. The molecule has 2 rings (SSSR count). The van der Waals surface area contributed by atoms with Gasteiger partial charge in [0, 0.05) is 5.69 Å². The van der Waals surface area contributed by atoms with Gasteiger partial charge in [-0.05, 0) is 36.2 Å². The molecule has 0 radical (unpaired) electrons. The third-order valence-corrected chi connectivity index (χ3v) is 3.38. The van der Waals surface area contributed by atoms with Crippen LogP contribution in [0.5, 0.6) is 5.75 Å². The van der Waals surface area contributed by atoms with E-state index in [4.69, 9.17) is 21.2 Å². The van der Waals surface area contributed by atoms with Crippen molar-refractivity contribution < 1.29 is 14.4 Å². The molecule has 6 heteroatoms. The number of anilines is 1. The summed E-state index contributed by atoms with van der Waals surface area (Å²) in [6, 6.07) is 12.7. The fourth-order valence-electron chi connectivity index (χ4n) is 1.86. The molecule has 0 bridgehead atoms. The van der Waals surface area contributed by atoms with Gasteiger partial charge in [0.05, 0.1) is 18.3 Å². The molecule has 0 atom stereocenters. The molecule has 0 fully saturated rings. The fourth-order valence-corrected chi connectivity index (χ4v) is 2.12. The van der Waals surface area contributed by atoms with Crippen LogP contribution in [0.2, 0.25) is 5.02 Å². The van der Waals surface area contributed by atoms with E-state index in [-0.39, 0.29) is 12.5 Å². The van der Waals surface area contributed by atoms with E-state index in [2.05, 4.69) is 10.5 Å². The fraction of sp³-hybridized carbons (Fsp3) is 0.176. The third-order valence-electron chi connectivity index (χ3n) is 3.09. The first-order chi connectivity index (χ1) is 11.1. The Hall–Kier alpha value is -2.53. The minimum absolute atomic E-state index is 0.188. The summed E-state index contributed by atoms with van der Waals surface area (Å²) < 4.78 is 5.05. The number of nitrogens with zero attached hydrogens (tertiary/aromatic N) is 1. The Morgan fingerprint density at radius 3 is 2.78 bits per heavy atom.